The largest absolute Gasteiger partial charge is 0.493 e. The third kappa shape index (κ3) is 6.14. The zero-order chi connectivity index (χ0) is 27.1. The van der Waals surface area contributed by atoms with E-state index >= 15 is 0 Å². The van der Waals surface area contributed by atoms with Crippen LogP contribution in [0.3, 0.4) is 0 Å². The van der Waals surface area contributed by atoms with Gasteiger partial charge in [0.1, 0.15) is 12.6 Å². The molecule has 1 heterocycles. The molecule has 0 unspecified atom stereocenters. The summed E-state index contributed by atoms with van der Waals surface area (Å²) in [5, 5.41) is 13.7. The van der Waals surface area contributed by atoms with Crippen LogP contribution in [-0.4, -0.2) is 44.5 Å². The predicted molar refractivity (Wildman–Crippen MR) is 143 cm³/mol. The van der Waals surface area contributed by atoms with Crippen LogP contribution >= 0.6 is 11.6 Å². The Kier molecular flexibility index (Phi) is 8.63. The highest BCUT2D eigenvalue weighted by Gasteiger charge is 2.39. The molecule has 1 amide bonds. The highest BCUT2D eigenvalue weighted by atomic mass is 35.5. The maximum absolute atomic E-state index is 13.1. The van der Waals surface area contributed by atoms with E-state index in [0.29, 0.717) is 40.5 Å². The Morgan fingerprint density at radius 3 is 2.68 bits per heavy atom. The third-order valence-corrected chi connectivity index (χ3v) is 8.20. The lowest BCUT2D eigenvalue weighted by atomic mass is 10.1. The minimum Gasteiger partial charge on any atom is -0.493 e. The molecule has 1 aliphatic rings. The van der Waals surface area contributed by atoms with Gasteiger partial charge in [-0.1, -0.05) is 29.8 Å². The van der Waals surface area contributed by atoms with Gasteiger partial charge in [-0.25, -0.2) is 13.8 Å². The minimum atomic E-state index is -3.86. The molecule has 1 aliphatic heterocycles. The summed E-state index contributed by atoms with van der Waals surface area (Å²) in [6.07, 6.45) is 2.39. The molecule has 0 bridgehead atoms. The summed E-state index contributed by atoms with van der Waals surface area (Å²) in [4.78, 5) is 12.9. The number of methoxy groups -OCH3 is 1. The van der Waals surface area contributed by atoms with Gasteiger partial charge in [-0.3, -0.25) is 4.79 Å². The van der Waals surface area contributed by atoms with Crippen molar-refractivity contribution in [1.82, 2.24) is 9.73 Å². The van der Waals surface area contributed by atoms with E-state index in [1.807, 2.05) is 12.1 Å². The van der Waals surface area contributed by atoms with Gasteiger partial charge < -0.3 is 9.47 Å². The molecule has 9 nitrogen and oxygen atoms in total. The second-order valence-corrected chi connectivity index (χ2v) is 10.8. The van der Waals surface area contributed by atoms with E-state index in [-0.39, 0.29) is 18.0 Å². The first-order valence-electron chi connectivity index (χ1n) is 11.7. The maximum Gasteiger partial charge on any atom is 0.258 e. The van der Waals surface area contributed by atoms with Crippen LogP contribution in [0, 0.1) is 11.3 Å². The van der Waals surface area contributed by atoms with Crippen molar-refractivity contribution in [3.8, 4) is 17.6 Å². The number of amides is 1. The fourth-order valence-electron chi connectivity index (χ4n) is 4.07. The molecule has 3 aromatic carbocycles. The number of carbonyl (C=O) groups excluding carboxylic acids is 1. The number of nitrogens with zero attached hydrogens (tertiary/aromatic N) is 3. The molecule has 38 heavy (non-hydrogen) atoms. The molecule has 1 atom stereocenters. The smallest absolute Gasteiger partial charge is 0.258 e. The van der Waals surface area contributed by atoms with Crippen molar-refractivity contribution in [2.24, 2.45) is 5.10 Å². The van der Waals surface area contributed by atoms with Crippen LogP contribution in [0.15, 0.2) is 76.7 Å². The molecular weight excluding hydrogens is 528 g/mol. The fraction of sp³-hybridized carbons (Fsp3) is 0.222. The van der Waals surface area contributed by atoms with Crippen molar-refractivity contribution in [1.29, 1.82) is 5.26 Å². The fourth-order valence-corrected chi connectivity index (χ4v) is 5.85. The Balaban J connectivity index is 1.40. The van der Waals surface area contributed by atoms with Crippen LogP contribution in [0.1, 0.15) is 29.5 Å². The first-order valence-corrected chi connectivity index (χ1v) is 13.5. The zero-order valence-corrected chi connectivity index (χ0v) is 22.1. The highest BCUT2D eigenvalue weighted by Crippen LogP contribution is 2.29. The minimum absolute atomic E-state index is 0.0793. The summed E-state index contributed by atoms with van der Waals surface area (Å²) >= 11 is 5.87. The summed E-state index contributed by atoms with van der Waals surface area (Å²) in [6, 6.07) is 19.4. The standard InChI is InChI=1S/C27H25ClN4O5S/c1-36-26-15-19(8-13-25(26)37-18-21-6-3-2-5-20(21)16-29)17-30-31-27(33)24-7-4-14-32(24)38(34,35)23-11-9-22(28)10-12-23/h2-3,5-6,8-13,15,17,24H,4,7,14,18H2,1H3,(H,31,33)/b30-17-/t24-/m0/s1. The monoisotopic (exact) mass is 552 g/mol. The summed E-state index contributed by atoms with van der Waals surface area (Å²) in [7, 11) is -2.35. The van der Waals surface area contributed by atoms with Gasteiger partial charge in [-0.2, -0.15) is 14.7 Å². The molecule has 11 heteroatoms. The molecular formula is C27H25ClN4O5S. The molecule has 1 fully saturated rings. The quantitative estimate of drug-likeness (QED) is 0.315. The van der Waals surface area contributed by atoms with Crippen LogP contribution in [0.2, 0.25) is 5.02 Å². The molecule has 3 aromatic rings. The van der Waals surface area contributed by atoms with Gasteiger partial charge in [0.05, 0.1) is 29.9 Å². The van der Waals surface area contributed by atoms with Crippen molar-refractivity contribution >= 4 is 33.7 Å². The average Bonchev–Trinajstić information content (AvgIpc) is 3.44. The van der Waals surface area contributed by atoms with E-state index in [9.17, 15) is 18.5 Å². The normalized spacial score (nSPS) is 15.8. The summed E-state index contributed by atoms with van der Waals surface area (Å²) in [5.74, 6) is 0.417. The number of carbonyl (C=O) groups is 1. The molecule has 0 radical (unpaired) electrons. The number of rotatable bonds is 9. The van der Waals surface area contributed by atoms with Crippen LogP contribution < -0.4 is 14.9 Å². The predicted octanol–water partition coefficient (Wildman–Crippen LogP) is 4.10. The molecule has 4 rings (SSSR count). The van der Waals surface area contributed by atoms with Gasteiger partial charge in [0.25, 0.3) is 5.91 Å². The molecule has 0 spiro atoms. The van der Waals surface area contributed by atoms with E-state index in [0.717, 1.165) is 5.56 Å². The number of hydrogen-bond donors (Lipinski definition) is 1. The molecule has 0 saturated carbocycles. The van der Waals surface area contributed by atoms with Crippen molar-refractivity contribution in [3.05, 3.63) is 88.4 Å². The lowest BCUT2D eigenvalue weighted by Gasteiger charge is -2.22. The van der Waals surface area contributed by atoms with Crippen LogP contribution in [0.25, 0.3) is 0 Å². The van der Waals surface area contributed by atoms with Gasteiger partial charge in [0, 0.05) is 17.1 Å². The Bertz CT molecular complexity index is 1490. The zero-order valence-electron chi connectivity index (χ0n) is 20.5. The first kappa shape index (κ1) is 27.1. The lowest BCUT2D eigenvalue weighted by Crippen LogP contribution is -2.44. The summed E-state index contributed by atoms with van der Waals surface area (Å²) in [6.45, 7) is 0.435. The lowest BCUT2D eigenvalue weighted by molar-refractivity contribution is -0.124. The Morgan fingerprint density at radius 1 is 1.18 bits per heavy atom. The number of sulfonamides is 1. The van der Waals surface area contributed by atoms with E-state index in [1.165, 1.54) is 41.9 Å². The number of nitrogens with one attached hydrogen (secondary N) is 1. The van der Waals surface area contributed by atoms with Crippen LogP contribution in [0.4, 0.5) is 0 Å². The van der Waals surface area contributed by atoms with E-state index < -0.39 is 22.0 Å². The first-order chi connectivity index (χ1) is 18.3. The van der Waals surface area contributed by atoms with Crippen molar-refractivity contribution in [2.45, 2.75) is 30.4 Å². The van der Waals surface area contributed by atoms with E-state index in [2.05, 4.69) is 16.6 Å². The van der Waals surface area contributed by atoms with Gasteiger partial charge in [-0.15, -0.1) is 0 Å². The topological polar surface area (TPSA) is 121 Å². The third-order valence-electron chi connectivity index (χ3n) is 6.02. The average molecular weight is 553 g/mol. The number of hydrazone groups is 1. The Labute approximate surface area is 226 Å². The number of nitriles is 1. The second kappa shape index (κ2) is 12.1. The summed E-state index contributed by atoms with van der Waals surface area (Å²) < 4.78 is 38.6. The molecule has 196 valence electrons. The number of benzene rings is 3. The van der Waals surface area contributed by atoms with Gasteiger partial charge >= 0.3 is 0 Å². The number of ether oxygens (including phenoxy) is 2. The van der Waals surface area contributed by atoms with Crippen molar-refractivity contribution in [2.75, 3.05) is 13.7 Å². The van der Waals surface area contributed by atoms with Crippen molar-refractivity contribution < 1.29 is 22.7 Å². The summed E-state index contributed by atoms with van der Waals surface area (Å²) in [5.41, 5.74) is 4.37. The van der Waals surface area contributed by atoms with Gasteiger partial charge in [0.2, 0.25) is 10.0 Å². The highest BCUT2D eigenvalue weighted by molar-refractivity contribution is 7.89. The second-order valence-electron chi connectivity index (χ2n) is 8.43. The maximum atomic E-state index is 13.1. The molecule has 1 N–H and O–H groups in total. The molecule has 0 aromatic heterocycles. The Hall–Kier alpha value is -3.91. The van der Waals surface area contributed by atoms with Gasteiger partial charge in [-0.05, 0) is 66.9 Å². The molecule has 1 saturated heterocycles. The van der Waals surface area contributed by atoms with Gasteiger partial charge in [0.15, 0.2) is 11.5 Å². The van der Waals surface area contributed by atoms with E-state index in [4.69, 9.17) is 21.1 Å². The van der Waals surface area contributed by atoms with Crippen LogP contribution in [-0.2, 0) is 21.4 Å². The number of halogens is 1. The van der Waals surface area contributed by atoms with Crippen LogP contribution in [0.5, 0.6) is 11.5 Å². The SMILES string of the molecule is COc1cc(/C=N\NC(=O)[C@@H]2CCCN2S(=O)(=O)c2ccc(Cl)cc2)ccc1OCc1ccccc1C#N. The number of hydrogen-bond acceptors (Lipinski definition) is 7. The van der Waals surface area contributed by atoms with E-state index in [1.54, 1.807) is 30.3 Å². The van der Waals surface area contributed by atoms with Crippen molar-refractivity contribution in [3.63, 3.8) is 0 Å². The molecule has 0 aliphatic carbocycles. The Morgan fingerprint density at radius 2 is 1.95 bits per heavy atom.